The Hall–Kier alpha value is -0.120. The standard InChI is InChI=1S/C13H26N2O/c1-11(8-14-12-5-6-12)9-15(2)10-13-4-3-7-16-13/h11-14H,3-10H2,1-2H3. The van der Waals surface area contributed by atoms with Gasteiger partial charge in [0.1, 0.15) is 0 Å². The molecule has 0 aromatic carbocycles. The molecule has 2 aliphatic rings. The van der Waals surface area contributed by atoms with Crippen molar-refractivity contribution >= 4 is 0 Å². The van der Waals surface area contributed by atoms with Crippen LogP contribution in [0.2, 0.25) is 0 Å². The average molecular weight is 226 g/mol. The van der Waals surface area contributed by atoms with Gasteiger partial charge in [0.25, 0.3) is 0 Å². The second-order valence-corrected chi connectivity index (χ2v) is 5.64. The molecule has 0 amide bonds. The Morgan fingerprint density at radius 1 is 1.38 bits per heavy atom. The predicted octanol–water partition coefficient (Wildman–Crippen LogP) is 1.49. The molecule has 3 heteroatoms. The van der Waals surface area contributed by atoms with Gasteiger partial charge in [-0.15, -0.1) is 0 Å². The lowest BCUT2D eigenvalue weighted by Gasteiger charge is -2.24. The molecule has 2 unspecified atom stereocenters. The van der Waals surface area contributed by atoms with Gasteiger partial charge in [0.15, 0.2) is 0 Å². The van der Waals surface area contributed by atoms with Crippen molar-refractivity contribution in [1.82, 2.24) is 10.2 Å². The van der Waals surface area contributed by atoms with E-state index < -0.39 is 0 Å². The molecular weight excluding hydrogens is 200 g/mol. The minimum absolute atomic E-state index is 0.494. The van der Waals surface area contributed by atoms with Crippen LogP contribution in [0.5, 0.6) is 0 Å². The molecule has 0 aromatic heterocycles. The lowest BCUT2D eigenvalue weighted by molar-refractivity contribution is 0.0773. The molecule has 1 heterocycles. The van der Waals surface area contributed by atoms with Gasteiger partial charge in [0.2, 0.25) is 0 Å². The first-order chi connectivity index (χ1) is 7.74. The van der Waals surface area contributed by atoms with Crippen LogP contribution in [-0.2, 0) is 4.74 Å². The average Bonchev–Trinajstić information content (AvgIpc) is 2.94. The fraction of sp³-hybridized carbons (Fsp3) is 1.00. The van der Waals surface area contributed by atoms with Crippen LogP contribution in [0.1, 0.15) is 32.6 Å². The van der Waals surface area contributed by atoms with E-state index in [9.17, 15) is 0 Å². The van der Waals surface area contributed by atoms with Crippen molar-refractivity contribution in [3.63, 3.8) is 0 Å². The number of likely N-dealkylation sites (N-methyl/N-ethyl adjacent to an activating group) is 1. The maximum Gasteiger partial charge on any atom is 0.0702 e. The van der Waals surface area contributed by atoms with Gasteiger partial charge in [-0.05, 0) is 45.2 Å². The number of hydrogen-bond donors (Lipinski definition) is 1. The molecule has 1 N–H and O–H groups in total. The molecule has 2 rings (SSSR count). The van der Waals surface area contributed by atoms with E-state index in [-0.39, 0.29) is 0 Å². The van der Waals surface area contributed by atoms with Gasteiger partial charge in [-0.1, -0.05) is 6.92 Å². The quantitative estimate of drug-likeness (QED) is 0.712. The van der Waals surface area contributed by atoms with Crippen molar-refractivity contribution in [2.75, 3.05) is 33.3 Å². The fourth-order valence-corrected chi connectivity index (χ4v) is 2.46. The molecule has 0 bridgehead atoms. The van der Waals surface area contributed by atoms with Gasteiger partial charge >= 0.3 is 0 Å². The largest absolute Gasteiger partial charge is 0.377 e. The second kappa shape index (κ2) is 5.99. The molecule has 2 fully saturated rings. The van der Waals surface area contributed by atoms with Crippen LogP contribution in [0, 0.1) is 5.92 Å². The maximum absolute atomic E-state index is 5.66. The number of nitrogens with one attached hydrogen (secondary N) is 1. The van der Waals surface area contributed by atoms with Crippen LogP contribution < -0.4 is 5.32 Å². The smallest absolute Gasteiger partial charge is 0.0702 e. The molecule has 1 saturated heterocycles. The highest BCUT2D eigenvalue weighted by molar-refractivity contribution is 4.81. The van der Waals surface area contributed by atoms with Gasteiger partial charge in [0, 0.05) is 25.7 Å². The maximum atomic E-state index is 5.66. The summed E-state index contributed by atoms with van der Waals surface area (Å²) in [6, 6.07) is 0.839. The minimum atomic E-state index is 0.494. The highest BCUT2D eigenvalue weighted by Crippen LogP contribution is 2.19. The van der Waals surface area contributed by atoms with E-state index in [1.54, 1.807) is 0 Å². The van der Waals surface area contributed by atoms with E-state index in [2.05, 4.69) is 24.2 Å². The summed E-state index contributed by atoms with van der Waals surface area (Å²) in [6.07, 6.45) is 5.77. The summed E-state index contributed by atoms with van der Waals surface area (Å²) >= 11 is 0. The first-order valence-electron chi connectivity index (χ1n) is 6.77. The van der Waals surface area contributed by atoms with Crippen LogP contribution in [-0.4, -0.2) is 50.3 Å². The Balaban J connectivity index is 1.55. The molecule has 16 heavy (non-hydrogen) atoms. The molecule has 1 saturated carbocycles. The molecule has 1 aliphatic carbocycles. The van der Waals surface area contributed by atoms with Gasteiger partial charge in [0.05, 0.1) is 6.10 Å². The first kappa shape index (κ1) is 12.3. The highest BCUT2D eigenvalue weighted by atomic mass is 16.5. The van der Waals surface area contributed by atoms with Gasteiger partial charge < -0.3 is 15.0 Å². The zero-order valence-corrected chi connectivity index (χ0v) is 10.7. The lowest BCUT2D eigenvalue weighted by atomic mass is 10.1. The highest BCUT2D eigenvalue weighted by Gasteiger charge is 2.22. The van der Waals surface area contributed by atoms with Crippen LogP contribution in [0.3, 0.4) is 0 Å². The molecule has 0 aromatic rings. The van der Waals surface area contributed by atoms with Crippen molar-refractivity contribution in [2.45, 2.75) is 44.8 Å². The third-order valence-corrected chi connectivity index (χ3v) is 3.49. The summed E-state index contributed by atoms with van der Waals surface area (Å²) in [5.41, 5.74) is 0. The van der Waals surface area contributed by atoms with E-state index in [0.717, 1.165) is 25.1 Å². The normalized spacial score (nSPS) is 27.6. The van der Waals surface area contributed by atoms with Gasteiger partial charge in [-0.3, -0.25) is 0 Å². The predicted molar refractivity (Wildman–Crippen MR) is 66.7 cm³/mol. The third kappa shape index (κ3) is 4.40. The molecule has 1 aliphatic heterocycles. The van der Waals surface area contributed by atoms with Crippen LogP contribution >= 0.6 is 0 Å². The summed E-state index contributed by atoms with van der Waals surface area (Å²) in [5.74, 6) is 0.743. The third-order valence-electron chi connectivity index (χ3n) is 3.49. The minimum Gasteiger partial charge on any atom is -0.377 e. The summed E-state index contributed by atoms with van der Waals surface area (Å²) in [6.45, 7) is 6.76. The number of ether oxygens (including phenoxy) is 1. The van der Waals surface area contributed by atoms with Crippen molar-refractivity contribution in [2.24, 2.45) is 5.92 Å². The Morgan fingerprint density at radius 3 is 2.81 bits per heavy atom. The summed E-state index contributed by atoms with van der Waals surface area (Å²) in [5, 5.41) is 3.60. The Morgan fingerprint density at radius 2 is 2.19 bits per heavy atom. The Labute approximate surface area is 99.5 Å². The summed E-state index contributed by atoms with van der Waals surface area (Å²) < 4.78 is 5.66. The van der Waals surface area contributed by atoms with E-state index in [1.807, 2.05) is 0 Å². The summed E-state index contributed by atoms with van der Waals surface area (Å²) in [4.78, 5) is 2.43. The first-order valence-corrected chi connectivity index (χ1v) is 6.77. The Bertz CT molecular complexity index is 200. The molecule has 0 spiro atoms. The number of hydrogen-bond acceptors (Lipinski definition) is 3. The van der Waals surface area contributed by atoms with Gasteiger partial charge in [-0.25, -0.2) is 0 Å². The van der Waals surface area contributed by atoms with E-state index in [1.165, 1.54) is 38.8 Å². The number of rotatable bonds is 7. The van der Waals surface area contributed by atoms with Crippen molar-refractivity contribution in [3.8, 4) is 0 Å². The Kier molecular flexibility index (Phi) is 4.62. The molecule has 0 radical (unpaired) electrons. The SMILES string of the molecule is CC(CNC1CC1)CN(C)CC1CCCO1. The zero-order valence-electron chi connectivity index (χ0n) is 10.7. The molecule has 94 valence electrons. The molecule has 3 nitrogen and oxygen atoms in total. The van der Waals surface area contributed by atoms with E-state index >= 15 is 0 Å². The van der Waals surface area contributed by atoms with Crippen molar-refractivity contribution in [3.05, 3.63) is 0 Å². The van der Waals surface area contributed by atoms with E-state index in [4.69, 9.17) is 4.74 Å². The molecular formula is C13H26N2O. The number of nitrogens with zero attached hydrogens (tertiary/aromatic N) is 1. The van der Waals surface area contributed by atoms with Gasteiger partial charge in [-0.2, -0.15) is 0 Å². The van der Waals surface area contributed by atoms with Crippen LogP contribution in [0.15, 0.2) is 0 Å². The van der Waals surface area contributed by atoms with Crippen molar-refractivity contribution < 1.29 is 4.74 Å². The van der Waals surface area contributed by atoms with E-state index in [0.29, 0.717) is 6.10 Å². The zero-order chi connectivity index (χ0) is 11.4. The molecule has 2 atom stereocenters. The topological polar surface area (TPSA) is 24.5 Å². The van der Waals surface area contributed by atoms with Crippen molar-refractivity contribution in [1.29, 1.82) is 0 Å². The van der Waals surface area contributed by atoms with Crippen LogP contribution in [0.4, 0.5) is 0 Å². The van der Waals surface area contributed by atoms with Crippen LogP contribution in [0.25, 0.3) is 0 Å². The lowest BCUT2D eigenvalue weighted by Crippen LogP contribution is -2.35. The second-order valence-electron chi connectivity index (χ2n) is 5.64. The monoisotopic (exact) mass is 226 g/mol. The summed E-state index contributed by atoms with van der Waals surface area (Å²) in [7, 11) is 2.22. The fourth-order valence-electron chi connectivity index (χ4n) is 2.46.